The van der Waals surface area contributed by atoms with Gasteiger partial charge < -0.3 is 15.4 Å². The molecule has 19 heavy (non-hydrogen) atoms. The summed E-state index contributed by atoms with van der Waals surface area (Å²) in [6.07, 6.45) is 6.32. The average Bonchev–Trinajstić information content (AvgIpc) is 2.37. The predicted molar refractivity (Wildman–Crippen MR) is 79.3 cm³/mol. The summed E-state index contributed by atoms with van der Waals surface area (Å²) >= 11 is 0. The van der Waals surface area contributed by atoms with E-state index < -0.39 is 0 Å². The number of nitrogen functional groups attached to an aromatic ring is 1. The third-order valence-corrected chi connectivity index (χ3v) is 3.69. The molecule has 104 valence electrons. The highest BCUT2D eigenvalue weighted by Crippen LogP contribution is 2.27. The third-order valence-electron chi connectivity index (χ3n) is 3.69. The molecule has 0 aliphatic carbocycles. The number of nitrogens with zero attached hydrogens (tertiary/aromatic N) is 1. The zero-order chi connectivity index (χ0) is 13.7. The molecule has 0 unspecified atom stereocenters. The van der Waals surface area contributed by atoms with Gasteiger partial charge in [-0.25, -0.2) is 0 Å². The first-order valence-electron chi connectivity index (χ1n) is 7.00. The van der Waals surface area contributed by atoms with Gasteiger partial charge in [0.25, 0.3) is 0 Å². The molecule has 2 rings (SSSR count). The molecule has 0 aromatic heterocycles. The van der Waals surface area contributed by atoms with Crippen LogP contribution in [0, 0.1) is 5.41 Å². The van der Waals surface area contributed by atoms with Crippen LogP contribution in [0.15, 0.2) is 18.2 Å². The van der Waals surface area contributed by atoms with E-state index in [9.17, 15) is 0 Å². The highest BCUT2D eigenvalue weighted by atomic mass is 16.5. The van der Waals surface area contributed by atoms with Gasteiger partial charge in [-0.3, -0.25) is 5.41 Å². The fraction of sp³-hybridized carbons (Fsp3) is 0.533. The molecule has 0 amide bonds. The molecule has 1 fully saturated rings. The summed E-state index contributed by atoms with van der Waals surface area (Å²) < 4.78 is 5.30. The van der Waals surface area contributed by atoms with Crippen molar-refractivity contribution >= 4 is 11.5 Å². The van der Waals surface area contributed by atoms with Gasteiger partial charge in [-0.15, -0.1) is 0 Å². The van der Waals surface area contributed by atoms with E-state index in [-0.39, 0.29) is 5.84 Å². The van der Waals surface area contributed by atoms with Gasteiger partial charge in [0.1, 0.15) is 11.6 Å². The zero-order valence-corrected chi connectivity index (χ0v) is 11.6. The Morgan fingerprint density at radius 3 is 2.37 bits per heavy atom. The second-order valence-electron chi connectivity index (χ2n) is 5.05. The zero-order valence-electron chi connectivity index (χ0n) is 11.6. The standard InChI is InChI=1S/C15H23N3O/c1-19-12-7-8-13(15(16)17)14(11-12)18-9-5-3-2-4-6-10-18/h7-8,11H,2-6,9-10H2,1H3,(H3,16,17). The van der Waals surface area contributed by atoms with Crippen molar-refractivity contribution in [1.29, 1.82) is 5.41 Å². The van der Waals surface area contributed by atoms with Crippen LogP contribution in [0.3, 0.4) is 0 Å². The molecule has 1 saturated heterocycles. The van der Waals surface area contributed by atoms with E-state index in [1.807, 2.05) is 18.2 Å². The summed E-state index contributed by atoms with van der Waals surface area (Å²) in [6, 6.07) is 5.75. The van der Waals surface area contributed by atoms with E-state index in [1.54, 1.807) is 7.11 Å². The molecule has 4 nitrogen and oxygen atoms in total. The van der Waals surface area contributed by atoms with Crippen LogP contribution in [0.2, 0.25) is 0 Å². The van der Waals surface area contributed by atoms with Gasteiger partial charge in [-0.05, 0) is 25.0 Å². The van der Waals surface area contributed by atoms with E-state index in [1.165, 1.54) is 32.1 Å². The van der Waals surface area contributed by atoms with Crippen LogP contribution in [0.1, 0.15) is 37.7 Å². The number of hydrogen-bond acceptors (Lipinski definition) is 3. The summed E-state index contributed by atoms with van der Waals surface area (Å²) in [6.45, 7) is 2.07. The average molecular weight is 261 g/mol. The number of amidine groups is 1. The van der Waals surface area contributed by atoms with Gasteiger partial charge >= 0.3 is 0 Å². The first-order chi connectivity index (χ1) is 9.22. The molecule has 1 aliphatic heterocycles. The molecule has 1 aliphatic rings. The first kappa shape index (κ1) is 13.7. The van der Waals surface area contributed by atoms with Crippen molar-refractivity contribution in [2.24, 2.45) is 5.73 Å². The van der Waals surface area contributed by atoms with Crippen molar-refractivity contribution in [3.8, 4) is 5.75 Å². The van der Waals surface area contributed by atoms with Crippen molar-refractivity contribution in [3.05, 3.63) is 23.8 Å². The number of anilines is 1. The van der Waals surface area contributed by atoms with Crippen molar-refractivity contribution < 1.29 is 4.74 Å². The number of ether oxygens (including phenoxy) is 1. The maximum Gasteiger partial charge on any atom is 0.124 e. The van der Waals surface area contributed by atoms with Gasteiger partial charge in [0.2, 0.25) is 0 Å². The van der Waals surface area contributed by atoms with Crippen LogP contribution in [0.25, 0.3) is 0 Å². The maximum absolute atomic E-state index is 7.73. The van der Waals surface area contributed by atoms with Crippen molar-refractivity contribution in [3.63, 3.8) is 0 Å². The molecular formula is C15H23N3O. The Balaban J connectivity index is 2.30. The number of nitrogens with two attached hydrogens (primary N) is 1. The largest absolute Gasteiger partial charge is 0.497 e. The van der Waals surface area contributed by atoms with E-state index in [2.05, 4.69) is 4.90 Å². The highest BCUT2D eigenvalue weighted by molar-refractivity contribution is 6.00. The lowest BCUT2D eigenvalue weighted by Crippen LogP contribution is -2.29. The number of hydrogen-bond donors (Lipinski definition) is 2. The van der Waals surface area contributed by atoms with Crippen molar-refractivity contribution in [2.75, 3.05) is 25.1 Å². The molecule has 3 N–H and O–H groups in total. The third kappa shape index (κ3) is 3.40. The SMILES string of the molecule is COc1ccc(C(=N)N)c(N2CCCCCCC2)c1. The van der Waals surface area contributed by atoms with Gasteiger partial charge in [-0.1, -0.05) is 19.3 Å². The van der Waals surface area contributed by atoms with E-state index in [0.717, 1.165) is 30.1 Å². The smallest absolute Gasteiger partial charge is 0.124 e. The molecule has 0 radical (unpaired) electrons. The van der Waals surface area contributed by atoms with Crippen LogP contribution in [0.4, 0.5) is 5.69 Å². The van der Waals surface area contributed by atoms with Crippen LogP contribution < -0.4 is 15.4 Å². The number of rotatable bonds is 3. The molecule has 0 bridgehead atoms. The molecule has 4 heteroatoms. The lowest BCUT2D eigenvalue weighted by Gasteiger charge is -2.29. The molecule has 1 heterocycles. The lowest BCUT2D eigenvalue weighted by atomic mass is 10.1. The Labute approximate surface area is 115 Å². The first-order valence-corrected chi connectivity index (χ1v) is 7.00. The Morgan fingerprint density at radius 1 is 1.16 bits per heavy atom. The van der Waals surface area contributed by atoms with Gasteiger partial charge in [-0.2, -0.15) is 0 Å². The van der Waals surface area contributed by atoms with Gasteiger partial charge in [0.15, 0.2) is 0 Å². The van der Waals surface area contributed by atoms with E-state index in [4.69, 9.17) is 15.9 Å². The summed E-state index contributed by atoms with van der Waals surface area (Å²) in [5, 5.41) is 7.73. The second kappa shape index (κ2) is 6.45. The topological polar surface area (TPSA) is 62.3 Å². The Bertz CT molecular complexity index is 437. The Morgan fingerprint density at radius 2 is 1.79 bits per heavy atom. The minimum Gasteiger partial charge on any atom is -0.497 e. The quantitative estimate of drug-likeness (QED) is 0.649. The molecular weight excluding hydrogens is 238 g/mol. The normalized spacial score (nSPS) is 16.6. The fourth-order valence-corrected chi connectivity index (χ4v) is 2.62. The van der Waals surface area contributed by atoms with Crippen LogP contribution in [-0.2, 0) is 0 Å². The number of methoxy groups -OCH3 is 1. The number of benzene rings is 1. The molecule has 1 aromatic carbocycles. The van der Waals surface area contributed by atoms with Gasteiger partial charge in [0.05, 0.1) is 12.8 Å². The van der Waals surface area contributed by atoms with Crippen molar-refractivity contribution in [2.45, 2.75) is 32.1 Å². The highest BCUT2D eigenvalue weighted by Gasteiger charge is 2.15. The summed E-state index contributed by atoms with van der Waals surface area (Å²) in [5.74, 6) is 0.946. The fourth-order valence-electron chi connectivity index (χ4n) is 2.62. The summed E-state index contributed by atoms with van der Waals surface area (Å²) in [5.41, 5.74) is 7.54. The van der Waals surface area contributed by atoms with Crippen molar-refractivity contribution in [1.82, 2.24) is 0 Å². The van der Waals surface area contributed by atoms with E-state index in [0.29, 0.717) is 0 Å². The van der Waals surface area contributed by atoms with Crippen LogP contribution >= 0.6 is 0 Å². The van der Waals surface area contributed by atoms with Crippen LogP contribution in [-0.4, -0.2) is 26.0 Å². The summed E-state index contributed by atoms with van der Waals surface area (Å²) in [7, 11) is 1.67. The summed E-state index contributed by atoms with van der Waals surface area (Å²) in [4.78, 5) is 2.35. The Kier molecular flexibility index (Phi) is 4.66. The van der Waals surface area contributed by atoms with Crippen LogP contribution in [0.5, 0.6) is 5.75 Å². The Hall–Kier alpha value is -1.71. The molecule has 0 atom stereocenters. The lowest BCUT2D eigenvalue weighted by molar-refractivity contribution is 0.414. The monoisotopic (exact) mass is 261 g/mol. The van der Waals surface area contributed by atoms with Gasteiger partial charge in [0, 0.05) is 24.7 Å². The molecule has 0 saturated carbocycles. The molecule has 1 aromatic rings. The minimum absolute atomic E-state index is 0.125. The second-order valence-corrected chi connectivity index (χ2v) is 5.05. The number of nitrogens with one attached hydrogen (secondary N) is 1. The van der Waals surface area contributed by atoms with E-state index >= 15 is 0 Å². The predicted octanol–water partition coefficient (Wildman–Crippen LogP) is 2.75. The molecule has 0 spiro atoms. The maximum atomic E-state index is 7.73. The minimum atomic E-state index is 0.125.